The van der Waals surface area contributed by atoms with Gasteiger partial charge in [0.1, 0.15) is 28.2 Å². The van der Waals surface area contributed by atoms with Crippen molar-refractivity contribution in [3.8, 4) is 22.9 Å². The molecule has 186 valence electrons. The molecule has 0 N–H and O–H groups in total. The van der Waals surface area contributed by atoms with E-state index < -0.39 is 12.1 Å². The number of thioether (sulfide) groups is 1. The number of methoxy groups -OCH3 is 1. The fourth-order valence-corrected chi connectivity index (χ4v) is 4.66. The Morgan fingerprint density at radius 3 is 2.62 bits per heavy atom. The van der Waals surface area contributed by atoms with Crippen LogP contribution in [0.4, 0.5) is 8.78 Å². The molecule has 37 heavy (non-hydrogen) atoms. The largest absolute Gasteiger partial charge is 0.496 e. The Morgan fingerprint density at radius 2 is 1.97 bits per heavy atom. The summed E-state index contributed by atoms with van der Waals surface area (Å²) in [6, 6.07) is 19.4. The van der Waals surface area contributed by atoms with E-state index >= 15 is 0 Å². The van der Waals surface area contributed by atoms with Crippen LogP contribution in [-0.4, -0.2) is 27.7 Å². The Hall–Kier alpha value is -4.29. The van der Waals surface area contributed by atoms with Gasteiger partial charge in [0.25, 0.3) is 6.43 Å². The zero-order chi connectivity index (χ0) is 26.4. The Kier molecular flexibility index (Phi) is 8.11. The van der Waals surface area contributed by atoms with E-state index in [0.29, 0.717) is 28.3 Å². The Bertz CT molecular complexity index is 1490. The molecule has 0 saturated heterocycles. The summed E-state index contributed by atoms with van der Waals surface area (Å²) in [7, 11) is 3.27. The smallest absolute Gasteiger partial charge is 0.280 e. The van der Waals surface area contributed by atoms with Crippen LogP contribution in [0.3, 0.4) is 0 Å². The molecule has 0 unspecified atom stereocenters. The summed E-state index contributed by atoms with van der Waals surface area (Å²) in [5.41, 5.74) is 2.76. The number of hydrogen-bond donors (Lipinski definition) is 0. The maximum Gasteiger partial charge on any atom is 0.280 e. The second-order valence-corrected chi connectivity index (χ2v) is 8.95. The number of ether oxygens (including phenoxy) is 1. The minimum absolute atomic E-state index is 0.215. The van der Waals surface area contributed by atoms with Gasteiger partial charge in [-0.15, -0.1) is 11.8 Å². The van der Waals surface area contributed by atoms with Gasteiger partial charge in [0.2, 0.25) is 5.78 Å². The number of alkyl halides is 2. The Labute approximate surface area is 217 Å². The lowest BCUT2D eigenvalue weighted by atomic mass is 10.0. The van der Waals surface area contributed by atoms with Crippen LogP contribution in [0.15, 0.2) is 78.0 Å². The first-order valence-corrected chi connectivity index (χ1v) is 12.2. The average molecular weight is 517 g/mol. The second kappa shape index (κ2) is 11.6. The Balaban J connectivity index is 1.63. The number of allylic oxidation sites excluding steroid dienone is 1. The average Bonchev–Trinajstić information content (AvgIpc) is 3.36. The van der Waals surface area contributed by atoms with Gasteiger partial charge in [-0.1, -0.05) is 42.5 Å². The van der Waals surface area contributed by atoms with Crippen molar-refractivity contribution in [3.05, 3.63) is 101 Å². The van der Waals surface area contributed by atoms with E-state index in [1.54, 1.807) is 66.5 Å². The number of aromatic nitrogens is 3. The summed E-state index contributed by atoms with van der Waals surface area (Å²) in [5.74, 6) is 0.668. The van der Waals surface area contributed by atoms with Crippen LogP contribution < -0.4 is 4.74 Å². The molecule has 4 aromatic rings. The van der Waals surface area contributed by atoms with Crippen molar-refractivity contribution < 1.29 is 18.3 Å². The SMILES string of the molecule is COc1ccc(/C=C/C(=O)c2ccn(C)n2)cc1CSc1nc(C(F)F)cc(-c2ccccc2)c1C#N. The number of pyridine rings is 1. The third-order valence-corrected chi connectivity index (χ3v) is 6.51. The standard InChI is InChI=1S/C28H22F2N4O2S/c1-34-13-12-23(33-34)25(35)10-8-18-9-11-26(36-2)20(14-18)17-37-28-22(16-31)21(15-24(32-28)27(29)30)19-6-4-3-5-7-19/h3-15,27H,17H2,1-2H3/b10-8+. The predicted octanol–water partition coefficient (Wildman–Crippen LogP) is 6.49. The molecule has 0 aliphatic rings. The van der Waals surface area contributed by atoms with Crippen molar-refractivity contribution in [2.24, 2.45) is 7.05 Å². The van der Waals surface area contributed by atoms with Crippen molar-refractivity contribution in [2.45, 2.75) is 17.2 Å². The van der Waals surface area contributed by atoms with Crippen molar-refractivity contribution >= 4 is 23.6 Å². The van der Waals surface area contributed by atoms with Gasteiger partial charge in [-0.2, -0.15) is 10.4 Å². The number of aryl methyl sites for hydroxylation is 1. The summed E-state index contributed by atoms with van der Waals surface area (Å²) in [4.78, 5) is 16.5. The molecule has 0 bridgehead atoms. The first kappa shape index (κ1) is 25.8. The monoisotopic (exact) mass is 516 g/mol. The maximum atomic E-state index is 13.7. The first-order chi connectivity index (χ1) is 17.9. The molecule has 6 nitrogen and oxygen atoms in total. The number of benzene rings is 2. The fourth-order valence-electron chi connectivity index (χ4n) is 3.68. The third-order valence-electron chi connectivity index (χ3n) is 5.49. The van der Waals surface area contributed by atoms with Crippen molar-refractivity contribution in [3.63, 3.8) is 0 Å². The van der Waals surface area contributed by atoms with Crippen LogP contribution in [0.5, 0.6) is 5.75 Å². The highest BCUT2D eigenvalue weighted by atomic mass is 32.2. The molecule has 2 aromatic carbocycles. The summed E-state index contributed by atoms with van der Waals surface area (Å²) in [5, 5.41) is 14.2. The molecule has 4 rings (SSSR count). The normalized spacial score (nSPS) is 11.1. The summed E-state index contributed by atoms with van der Waals surface area (Å²) < 4.78 is 34.4. The number of nitrogens with zero attached hydrogens (tertiary/aromatic N) is 4. The summed E-state index contributed by atoms with van der Waals surface area (Å²) in [6.07, 6.45) is 2.03. The van der Waals surface area contributed by atoms with E-state index in [2.05, 4.69) is 16.2 Å². The highest BCUT2D eigenvalue weighted by Crippen LogP contribution is 2.36. The zero-order valence-corrected chi connectivity index (χ0v) is 20.9. The Morgan fingerprint density at radius 1 is 1.19 bits per heavy atom. The molecule has 2 aromatic heterocycles. The van der Waals surface area contributed by atoms with E-state index in [1.807, 2.05) is 12.1 Å². The lowest BCUT2D eigenvalue weighted by Gasteiger charge is -2.13. The minimum Gasteiger partial charge on any atom is -0.496 e. The molecule has 0 amide bonds. The number of halogens is 2. The van der Waals surface area contributed by atoms with Gasteiger partial charge < -0.3 is 4.74 Å². The van der Waals surface area contributed by atoms with Gasteiger partial charge in [0, 0.05) is 30.1 Å². The number of carbonyl (C=O) groups is 1. The van der Waals surface area contributed by atoms with Crippen LogP contribution in [0.1, 0.15) is 39.3 Å². The minimum atomic E-state index is -2.78. The molecule has 0 saturated carbocycles. The van der Waals surface area contributed by atoms with E-state index in [-0.39, 0.29) is 16.4 Å². The maximum absolute atomic E-state index is 13.7. The van der Waals surface area contributed by atoms with Gasteiger partial charge >= 0.3 is 0 Å². The number of ketones is 1. The van der Waals surface area contributed by atoms with E-state index in [1.165, 1.54) is 31.0 Å². The van der Waals surface area contributed by atoms with Crippen LogP contribution >= 0.6 is 11.8 Å². The van der Waals surface area contributed by atoms with Gasteiger partial charge in [-0.05, 0) is 41.5 Å². The van der Waals surface area contributed by atoms with Crippen molar-refractivity contribution in [1.29, 1.82) is 5.26 Å². The highest BCUT2D eigenvalue weighted by Gasteiger charge is 2.19. The molecule has 0 atom stereocenters. The number of carbonyl (C=O) groups excluding carboxylic acids is 1. The molecule has 0 aliphatic heterocycles. The van der Waals surface area contributed by atoms with Gasteiger partial charge in [-0.3, -0.25) is 9.48 Å². The van der Waals surface area contributed by atoms with Gasteiger partial charge in [0.15, 0.2) is 0 Å². The second-order valence-electron chi connectivity index (χ2n) is 7.99. The molecular weight excluding hydrogens is 494 g/mol. The van der Waals surface area contributed by atoms with E-state index in [4.69, 9.17) is 4.74 Å². The van der Waals surface area contributed by atoms with Crippen LogP contribution in [0.25, 0.3) is 17.2 Å². The predicted molar refractivity (Wildman–Crippen MR) is 138 cm³/mol. The lowest BCUT2D eigenvalue weighted by Crippen LogP contribution is -2.00. The molecule has 0 fully saturated rings. The van der Waals surface area contributed by atoms with Gasteiger partial charge in [-0.25, -0.2) is 13.8 Å². The molecular formula is C28H22F2N4O2S. The number of nitriles is 1. The van der Waals surface area contributed by atoms with Crippen LogP contribution in [0, 0.1) is 11.3 Å². The molecule has 2 heterocycles. The summed E-state index contributed by atoms with van der Waals surface area (Å²) >= 11 is 1.18. The highest BCUT2D eigenvalue weighted by molar-refractivity contribution is 7.98. The third kappa shape index (κ3) is 6.11. The molecule has 0 aliphatic carbocycles. The first-order valence-electron chi connectivity index (χ1n) is 11.2. The molecule has 0 spiro atoms. The van der Waals surface area contributed by atoms with Crippen LogP contribution in [-0.2, 0) is 12.8 Å². The fraction of sp³-hybridized carbons (Fsp3) is 0.143. The van der Waals surface area contributed by atoms with E-state index in [9.17, 15) is 18.8 Å². The lowest BCUT2D eigenvalue weighted by molar-refractivity contribution is 0.104. The molecule has 0 radical (unpaired) electrons. The zero-order valence-electron chi connectivity index (χ0n) is 20.1. The van der Waals surface area contributed by atoms with E-state index in [0.717, 1.165) is 11.1 Å². The number of hydrogen-bond acceptors (Lipinski definition) is 6. The van der Waals surface area contributed by atoms with Gasteiger partial charge in [0.05, 0.1) is 12.7 Å². The molecule has 9 heteroatoms. The summed E-state index contributed by atoms with van der Waals surface area (Å²) in [6.45, 7) is 0. The topological polar surface area (TPSA) is 80.8 Å². The van der Waals surface area contributed by atoms with Crippen molar-refractivity contribution in [2.75, 3.05) is 7.11 Å². The van der Waals surface area contributed by atoms with Crippen LogP contribution in [0.2, 0.25) is 0 Å². The van der Waals surface area contributed by atoms with Crippen molar-refractivity contribution in [1.82, 2.24) is 14.8 Å². The quantitative estimate of drug-likeness (QED) is 0.144. The number of rotatable bonds is 9.